The molecule has 0 unspecified atom stereocenters. The number of rotatable bonds is 4. The smallest absolute Gasteiger partial charge is 0.130 e. The van der Waals surface area contributed by atoms with E-state index in [9.17, 15) is 9.18 Å². The maximum absolute atomic E-state index is 12.8. The molecule has 0 radical (unpaired) electrons. The van der Waals surface area contributed by atoms with Gasteiger partial charge in [-0.25, -0.2) is 4.39 Å². The second kappa shape index (κ2) is 4.70. The first-order valence-corrected chi connectivity index (χ1v) is 4.53. The third-order valence-electron chi connectivity index (χ3n) is 2.01. The molecule has 0 fully saturated rings. The lowest BCUT2D eigenvalue weighted by Gasteiger charge is -2.04. The Kier molecular flexibility index (Phi) is 3.57. The van der Waals surface area contributed by atoms with E-state index in [1.807, 2.05) is 0 Å². The Balaban J connectivity index is 2.65. The molecule has 0 amide bonds. The summed E-state index contributed by atoms with van der Waals surface area (Å²) in [5.74, 6) is -0.144. The number of carbonyl (C=O) groups excluding carboxylic acids is 1. The number of hydrogen-bond donors (Lipinski definition) is 0. The number of Topliss-reactive ketones (excluding diaryl/α,β-unsaturated/α-hetero) is 1. The van der Waals surface area contributed by atoms with Crippen molar-refractivity contribution in [2.75, 3.05) is 0 Å². The average molecular weight is 192 g/mol. The van der Waals surface area contributed by atoms with E-state index in [1.54, 1.807) is 19.1 Å². The number of benzene rings is 1. The maximum Gasteiger partial charge on any atom is 0.130 e. The van der Waals surface area contributed by atoms with E-state index in [-0.39, 0.29) is 11.6 Å². The van der Waals surface area contributed by atoms with Crippen LogP contribution < -0.4 is 0 Å². The Morgan fingerprint density at radius 1 is 1.43 bits per heavy atom. The molecule has 0 N–H and O–H groups in total. The minimum atomic E-state index is -0.272. The first kappa shape index (κ1) is 10.6. The van der Waals surface area contributed by atoms with Gasteiger partial charge < -0.3 is 4.79 Å². The fourth-order valence-electron chi connectivity index (χ4n) is 1.18. The summed E-state index contributed by atoms with van der Waals surface area (Å²) in [4.78, 5) is 10.7. The molecule has 1 rings (SSSR count). The van der Waals surface area contributed by atoms with Crippen molar-refractivity contribution in [1.82, 2.24) is 0 Å². The van der Waals surface area contributed by atoms with Crippen LogP contribution in [0, 0.1) is 5.82 Å². The first-order chi connectivity index (χ1) is 6.59. The van der Waals surface area contributed by atoms with Gasteiger partial charge in [0.1, 0.15) is 11.6 Å². The van der Waals surface area contributed by atoms with E-state index in [0.717, 1.165) is 11.1 Å². The Morgan fingerprint density at radius 3 is 2.71 bits per heavy atom. The van der Waals surface area contributed by atoms with Crippen LogP contribution >= 0.6 is 0 Å². The van der Waals surface area contributed by atoms with Crippen molar-refractivity contribution < 1.29 is 9.18 Å². The summed E-state index contributed by atoms with van der Waals surface area (Å²) in [6, 6.07) is 6.26. The van der Waals surface area contributed by atoms with Crippen molar-refractivity contribution in [2.24, 2.45) is 0 Å². The van der Waals surface area contributed by atoms with E-state index >= 15 is 0 Å². The molecule has 0 aromatic heterocycles. The minimum Gasteiger partial charge on any atom is -0.300 e. The van der Waals surface area contributed by atoms with Crippen LogP contribution in [0.15, 0.2) is 30.8 Å². The van der Waals surface area contributed by atoms with Gasteiger partial charge in [0.25, 0.3) is 0 Å². The van der Waals surface area contributed by atoms with Crippen LogP contribution in [0.3, 0.4) is 0 Å². The standard InChI is InChI=1S/C12H13FO/c1-9(6-7-10(2)14)11-4-3-5-12(13)8-11/h3-5,8H,1,6-7H2,2H3. The predicted molar refractivity (Wildman–Crippen MR) is 55.3 cm³/mol. The first-order valence-electron chi connectivity index (χ1n) is 4.53. The van der Waals surface area contributed by atoms with Gasteiger partial charge in [-0.3, -0.25) is 0 Å². The Hall–Kier alpha value is -1.44. The summed E-state index contributed by atoms with van der Waals surface area (Å²) in [7, 11) is 0. The monoisotopic (exact) mass is 192 g/mol. The van der Waals surface area contributed by atoms with Gasteiger partial charge >= 0.3 is 0 Å². The third kappa shape index (κ3) is 3.13. The van der Waals surface area contributed by atoms with E-state index in [2.05, 4.69) is 6.58 Å². The van der Waals surface area contributed by atoms with Gasteiger partial charge in [-0.05, 0) is 36.6 Å². The zero-order valence-electron chi connectivity index (χ0n) is 8.22. The molecule has 0 heterocycles. The van der Waals surface area contributed by atoms with E-state index in [1.165, 1.54) is 12.1 Å². The molecular weight excluding hydrogens is 179 g/mol. The molecule has 0 atom stereocenters. The van der Waals surface area contributed by atoms with Gasteiger partial charge in [0.05, 0.1) is 0 Å². The Labute approximate surface area is 83.3 Å². The number of carbonyl (C=O) groups is 1. The molecule has 1 nitrogen and oxygen atoms in total. The number of hydrogen-bond acceptors (Lipinski definition) is 1. The molecule has 74 valence electrons. The highest BCUT2D eigenvalue weighted by Crippen LogP contribution is 2.18. The van der Waals surface area contributed by atoms with Crippen LogP contribution in [-0.2, 0) is 4.79 Å². The number of allylic oxidation sites excluding steroid dienone is 1. The molecule has 2 heteroatoms. The van der Waals surface area contributed by atoms with Crippen molar-refractivity contribution in [3.63, 3.8) is 0 Å². The molecule has 1 aromatic rings. The molecule has 1 aromatic carbocycles. The van der Waals surface area contributed by atoms with Gasteiger partial charge in [0, 0.05) is 6.42 Å². The summed E-state index contributed by atoms with van der Waals surface area (Å²) in [6.07, 6.45) is 1.06. The fraction of sp³-hybridized carbons (Fsp3) is 0.250. The van der Waals surface area contributed by atoms with Crippen molar-refractivity contribution in [3.05, 3.63) is 42.2 Å². The molecule has 14 heavy (non-hydrogen) atoms. The topological polar surface area (TPSA) is 17.1 Å². The molecule has 0 saturated heterocycles. The fourth-order valence-corrected chi connectivity index (χ4v) is 1.18. The zero-order valence-corrected chi connectivity index (χ0v) is 8.22. The van der Waals surface area contributed by atoms with E-state index in [4.69, 9.17) is 0 Å². The van der Waals surface area contributed by atoms with Crippen LogP contribution in [0.4, 0.5) is 4.39 Å². The van der Waals surface area contributed by atoms with Gasteiger partial charge in [-0.15, -0.1) is 0 Å². The molecule has 0 spiro atoms. The highest BCUT2D eigenvalue weighted by Gasteiger charge is 2.01. The van der Waals surface area contributed by atoms with Gasteiger partial charge in [0.2, 0.25) is 0 Å². The van der Waals surface area contributed by atoms with Crippen molar-refractivity contribution >= 4 is 11.4 Å². The normalized spacial score (nSPS) is 9.86. The Bertz CT molecular complexity index is 355. The van der Waals surface area contributed by atoms with E-state index < -0.39 is 0 Å². The lowest BCUT2D eigenvalue weighted by atomic mass is 10.0. The third-order valence-corrected chi connectivity index (χ3v) is 2.01. The quantitative estimate of drug-likeness (QED) is 0.715. The molecular formula is C12H13FO. The van der Waals surface area contributed by atoms with Crippen LogP contribution in [0.25, 0.3) is 5.57 Å². The van der Waals surface area contributed by atoms with Crippen molar-refractivity contribution in [2.45, 2.75) is 19.8 Å². The highest BCUT2D eigenvalue weighted by molar-refractivity contribution is 5.78. The summed E-state index contributed by atoms with van der Waals surface area (Å²) in [5, 5.41) is 0. The van der Waals surface area contributed by atoms with Crippen molar-refractivity contribution in [3.8, 4) is 0 Å². The summed E-state index contributed by atoms with van der Waals surface area (Å²) in [6.45, 7) is 5.36. The zero-order chi connectivity index (χ0) is 10.6. The van der Waals surface area contributed by atoms with Crippen LogP contribution in [0.1, 0.15) is 25.3 Å². The second-order valence-corrected chi connectivity index (χ2v) is 3.32. The lowest BCUT2D eigenvalue weighted by molar-refractivity contribution is -0.116. The molecule has 0 aliphatic heterocycles. The predicted octanol–water partition coefficient (Wildman–Crippen LogP) is 3.21. The van der Waals surface area contributed by atoms with Gasteiger partial charge in [-0.1, -0.05) is 18.7 Å². The minimum absolute atomic E-state index is 0.127. The van der Waals surface area contributed by atoms with Crippen LogP contribution in [0.2, 0.25) is 0 Å². The van der Waals surface area contributed by atoms with Gasteiger partial charge in [0.15, 0.2) is 0 Å². The summed E-state index contributed by atoms with van der Waals surface area (Å²) >= 11 is 0. The summed E-state index contributed by atoms with van der Waals surface area (Å²) in [5.41, 5.74) is 1.57. The van der Waals surface area contributed by atoms with Crippen LogP contribution in [0.5, 0.6) is 0 Å². The Morgan fingerprint density at radius 2 is 2.14 bits per heavy atom. The highest BCUT2D eigenvalue weighted by atomic mass is 19.1. The SMILES string of the molecule is C=C(CCC(C)=O)c1cccc(F)c1. The van der Waals surface area contributed by atoms with E-state index in [0.29, 0.717) is 12.8 Å². The van der Waals surface area contributed by atoms with Crippen LogP contribution in [-0.4, -0.2) is 5.78 Å². The lowest BCUT2D eigenvalue weighted by Crippen LogP contribution is -1.91. The number of halogens is 1. The molecule has 0 saturated carbocycles. The molecule has 0 aliphatic rings. The molecule has 0 bridgehead atoms. The second-order valence-electron chi connectivity index (χ2n) is 3.32. The summed E-state index contributed by atoms with van der Waals surface area (Å²) < 4.78 is 12.8. The van der Waals surface area contributed by atoms with Gasteiger partial charge in [-0.2, -0.15) is 0 Å². The van der Waals surface area contributed by atoms with Crippen molar-refractivity contribution in [1.29, 1.82) is 0 Å². The maximum atomic E-state index is 12.8. The average Bonchev–Trinajstić information content (AvgIpc) is 2.14. The number of ketones is 1. The molecule has 0 aliphatic carbocycles. The largest absolute Gasteiger partial charge is 0.300 e.